The molecule has 0 aromatic heterocycles. The molecule has 0 saturated carbocycles. The Morgan fingerprint density at radius 1 is 1.13 bits per heavy atom. The average molecular weight is 216 g/mol. The third-order valence-corrected chi connectivity index (χ3v) is 2.68. The van der Waals surface area contributed by atoms with E-state index in [4.69, 9.17) is 14.6 Å². The van der Waals surface area contributed by atoms with Crippen LogP contribution in [0.5, 0.6) is 0 Å². The molecule has 0 amide bonds. The number of aliphatic carboxylic acids is 1. The lowest BCUT2D eigenvalue weighted by Gasteiger charge is -2.42. The van der Waals surface area contributed by atoms with Crippen molar-refractivity contribution in [1.82, 2.24) is 0 Å². The van der Waals surface area contributed by atoms with E-state index in [-0.39, 0.29) is 23.9 Å². The molecule has 1 N–H and O–H groups in total. The Hall–Kier alpha value is -0.610. The summed E-state index contributed by atoms with van der Waals surface area (Å²) in [5.41, 5.74) is -0.133. The van der Waals surface area contributed by atoms with Gasteiger partial charge in [-0.2, -0.15) is 0 Å². The first-order valence-electron chi connectivity index (χ1n) is 5.27. The molecule has 1 aliphatic rings. The number of carboxylic acid groups (broad SMARTS) is 1. The minimum absolute atomic E-state index is 0.133. The number of carboxylic acids is 1. The van der Waals surface area contributed by atoms with Crippen LogP contribution in [0, 0.1) is 11.3 Å². The molecule has 1 heterocycles. The topological polar surface area (TPSA) is 55.8 Å². The van der Waals surface area contributed by atoms with Gasteiger partial charge in [-0.3, -0.25) is 4.79 Å². The molecule has 4 atom stereocenters. The van der Waals surface area contributed by atoms with Gasteiger partial charge >= 0.3 is 5.97 Å². The Morgan fingerprint density at radius 2 is 1.53 bits per heavy atom. The summed E-state index contributed by atoms with van der Waals surface area (Å²) in [5, 5.41) is 9.01. The van der Waals surface area contributed by atoms with Crippen molar-refractivity contribution < 1.29 is 19.4 Å². The van der Waals surface area contributed by atoms with Gasteiger partial charge in [0.1, 0.15) is 5.92 Å². The van der Waals surface area contributed by atoms with Crippen molar-refractivity contribution in [2.45, 2.75) is 53.1 Å². The summed E-state index contributed by atoms with van der Waals surface area (Å²) < 4.78 is 11.2. The fourth-order valence-corrected chi connectivity index (χ4v) is 1.78. The minimum Gasteiger partial charge on any atom is -0.481 e. The number of hydrogen-bond acceptors (Lipinski definition) is 3. The maximum Gasteiger partial charge on any atom is 0.311 e. The van der Waals surface area contributed by atoms with E-state index in [0.717, 1.165) is 0 Å². The van der Waals surface area contributed by atoms with Gasteiger partial charge in [-0.25, -0.2) is 0 Å². The van der Waals surface area contributed by atoms with E-state index in [0.29, 0.717) is 0 Å². The van der Waals surface area contributed by atoms with Crippen LogP contribution in [-0.4, -0.2) is 29.6 Å². The van der Waals surface area contributed by atoms with Crippen LogP contribution in [0.25, 0.3) is 0 Å². The summed E-state index contributed by atoms with van der Waals surface area (Å²) in [6, 6.07) is 0. The van der Waals surface area contributed by atoms with Crippen molar-refractivity contribution in [1.29, 1.82) is 0 Å². The second-order valence-electron chi connectivity index (χ2n) is 5.24. The molecule has 0 aromatic rings. The van der Waals surface area contributed by atoms with Gasteiger partial charge in [0, 0.05) is 5.41 Å². The highest BCUT2D eigenvalue weighted by molar-refractivity contribution is 5.71. The average Bonchev–Trinajstić information content (AvgIpc) is 1.99. The Balaban J connectivity index is 2.75. The smallest absolute Gasteiger partial charge is 0.311 e. The summed E-state index contributed by atoms with van der Waals surface area (Å²) in [4.78, 5) is 11.0. The predicted molar refractivity (Wildman–Crippen MR) is 55.5 cm³/mol. The van der Waals surface area contributed by atoms with Crippen LogP contribution in [0.3, 0.4) is 0 Å². The summed E-state index contributed by atoms with van der Waals surface area (Å²) in [5.74, 6) is -1.44. The van der Waals surface area contributed by atoms with Crippen LogP contribution < -0.4 is 0 Å². The minimum atomic E-state index is -0.859. The van der Waals surface area contributed by atoms with Crippen molar-refractivity contribution in [3.05, 3.63) is 0 Å². The van der Waals surface area contributed by atoms with E-state index in [2.05, 4.69) is 0 Å². The third-order valence-electron chi connectivity index (χ3n) is 2.68. The Labute approximate surface area is 90.6 Å². The van der Waals surface area contributed by atoms with Gasteiger partial charge in [-0.05, 0) is 13.8 Å². The second kappa shape index (κ2) is 4.10. The van der Waals surface area contributed by atoms with Crippen LogP contribution in [0.15, 0.2) is 0 Å². The fraction of sp³-hybridized carbons (Fsp3) is 0.909. The number of hydrogen-bond donors (Lipinski definition) is 1. The number of carbonyl (C=O) groups is 1. The molecule has 15 heavy (non-hydrogen) atoms. The summed E-state index contributed by atoms with van der Waals surface area (Å²) in [7, 11) is 0. The SMILES string of the molecule is C[C@@H]1OC(C(C)(C)C)O[C@H](C)C1C(=O)O. The molecule has 0 aliphatic carbocycles. The molecular formula is C11H20O4. The van der Waals surface area contributed by atoms with Gasteiger partial charge in [-0.15, -0.1) is 0 Å². The van der Waals surface area contributed by atoms with Crippen LogP contribution >= 0.6 is 0 Å². The lowest BCUT2D eigenvalue weighted by molar-refractivity contribution is -0.291. The van der Waals surface area contributed by atoms with E-state index >= 15 is 0 Å². The zero-order valence-corrected chi connectivity index (χ0v) is 9.98. The van der Waals surface area contributed by atoms with Gasteiger partial charge < -0.3 is 14.6 Å². The Morgan fingerprint density at radius 3 is 1.80 bits per heavy atom. The molecule has 0 bridgehead atoms. The lowest BCUT2D eigenvalue weighted by atomic mass is 9.91. The number of ether oxygens (including phenoxy) is 2. The van der Waals surface area contributed by atoms with E-state index in [1.165, 1.54) is 0 Å². The zero-order chi connectivity index (χ0) is 11.8. The summed E-state index contributed by atoms with van der Waals surface area (Å²) in [6.45, 7) is 9.61. The molecule has 0 radical (unpaired) electrons. The van der Waals surface area contributed by atoms with Crippen molar-refractivity contribution >= 4 is 5.97 Å². The van der Waals surface area contributed by atoms with E-state index in [1.807, 2.05) is 20.8 Å². The largest absolute Gasteiger partial charge is 0.481 e. The van der Waals surface area contributed by atoms with Gasteiger partial charge in [0.15, 0.2) is 6.29 Å². The molecule has 0 aromatic carbocycles. The molecular weight excluding hydrogens is 196 g/mol. The Bertz CT molecular complexity index is 231. The molecule has 1 fully saturated rings. The maximum absolute atomic E-state index is 11.0. The first-order chi connectivity index (χ1) is 6.73. The molecule has 1 rings (SSSR count). The second-order valence-corrected chi connectivity index (χ2v) is 5.24. The summed E-state index contributed by atoms with van der Waals surface area (Å²) in [6.07, 6.45) is -0.955. The van der Waals surface area contributed by atoms with E-state index in [1.54, 1.807) is 13.8 Å². The van der Waals surface area contributed by atoms with E-state index in [9.17, 15) is 4.79 Å². The van der Waals surface area contributed by atoms with Crippen molar-refractivity contribution in [3.8, 4) is 0 Å². The van der Waals surface area contributed by atoms with E-state index < -0.39 is 11.9 Å². The monoisotopic (exact) mass is 216 g/mol. The number of rotatable bonds is 1. The normalized spacial score (nSPS) is 37.7. The van der Waals surface area contributed by atoms with Crippen LogP contribution in [0.2, 0.25) is 0 Å². The highest BCUT2D eigenvalue weighted by Crippen LogP contribution is 2.33. The molecule has 0 spiro atoms. The molecule has 4 heteroatoms. The van der Waals surface area contributed by atoms with Crippen molar-refractivity contribution in [2.24, 2.45) is 11.3 Å². The first kappa shape index (κ1) is 12.5. The van der Waals surface area contributed by atoms with Crippen LogP contribution in [-0.2, 0) is 14.3 Å². The molecule has 1 aliphatic heterocycles. The Kier molecular flexibility index (Phi) is 3.41. The molecule has 88 valence electrons. The van der Waals surface area contributed by atoms with Crippen LogP contribution in [0.4, 0.5) is 0 Å². The fourth-order valence-electron chi connectivity index (χ4n) is 1.78. The van der Waals surface area contributed by atoms with Crippen LogP contribution in [0.1, 0.15) is 34.6 Å². The first-order valence-corrected chi connectivity index (χ1v) is 5.27. The van der Waals surface area contributed by atoms with Crippen molar-refractivity contribution in [2.75, 3.05) is 0 Å². The summed E-state index contributed by atoms with van der Waals surface area (Å²) >= 11 is 0. The van der Waals surface area contributed by atoms with Gasteiger partial charge in [-0.1, -0.05) is 20.8 Å². The highest BCUT2D eigenvalue weighted by Gasteiger charge is 2.43. The lowest BCUT2D eigenvalue weighted by Crippen LogP contribution is -2.51. The standard InChI is InChI=1S/C11H20O4/c1-6-8(9(12)13)7(2)15-10(14-6)11(3,4)5/h6-8,10H,1-5H3,(H,12,13)/t6-,7+,8?,10?. The van der Waals surface area contributed by atoms with Gasteiger partial charge in [0.2, 0.25) is 0 Å². The zero-order valence-electron chi connectivity index (χ0n) is 9.98. The molecule has 2 unspecified atom stereocenters. The van der Waals surface area contributed by atoms with Gasteiger partial charge in [0.25, 0.3) is 0 Å². The molecule has 1 saturated heterocycles. The predicted octanol–water partition coefficient (Wildman–Crippen LogP) is 1.88. The maximum atomic E-state index is 11.0. The highest BCUT2D eigenvalue weighted by atomic mass is 16.7. The quantitative estimate of drug-likeness (QED) is 0.727. The molecule has 4 nitrogen and oxygen atoms in total. The third kappa shape index (κ3) is 2.69. The van der Waals surface area contributed by atoms with Gasteiger partial charge in [0.05, 0.1) is 12.2 Å². The van der Waals surface area contributed by atoms with Crippen molar-refractivity contribution in [3.63, 3.8) is 0 Å².